The summed E-state index contributed by atoms with van der Waals surface area (Å²) in [6, 6.07) is 6.26. The van der Waals surface area contributed by atoms with Gasteiger partial charge in [0.05, 0.1) is 5.41 Å². The number of nitrogens with one attached hydrogen (secondary N) is 1. The highest BCUT2D eigenvalue weighted by atomic mass is 16.4. The van der Waals surface area contributed by atoms with Crippen LogP contribution < -0.4 is 0 Å². The van der Waals surface area contributed by atoms with E-state index in [9.17, 15) is 14.7 Å². The molecule has 1 saturated heterocycles. The lowest BCUT2D eigenvalue weighted by Gasteiger charge is -2.28. The minimum atomic E-state index is -0.798. The van der Waals surface area contributed by atoms with Crippen LogP contribution in [0.1, 0.15) is 37.8 Å². The molecule has 0 aliphatic carbocycles. The van der Waals surface area contributed by atoms with Crippen LogP contribution in [0, 0.1) is 18.3 Å². The molecule has 1 amide bonds. The summed E-state index contributed by atoms with van der Waals surface area (Å²) in [5.74, 6) is -0.727. The third kappa shape index (κ3) is 3.15. The topological polar surface area (TPSA) is 73.4 Å². The maximum Gasteiger partial charge on any atom is 0.311 e. The van der Waals surface area contributed by atoms with Crippen LogP contribution in [0.15, 0.2) is 24.4 Å². The number of aromatic amines is 1. The largest absolute Gasteiger partial charge is 0.481 e. The summed E-state index contributed by atoms with van der Waals surface area (Å²) in [5.41, 5.74) is 2.62. The van der Waals surface area contributed by atoms with Crippen molar-refractivity contribution in [1.82, 2.24) is 9.88 Å². The van der Waals surface area contributed by atoms with Gasteiger partial charge in [-0.2, -0.15) is 0 Å². The van der Waals surface area contributed by atoms with Gasteiger partial charge in [-0.05, 0) is 43.4 Å². The fourth-order valence-electron chi connectivity index (χ4n) is 3.84. The maximum absolute atomic E-state index is 12.6. The van der Waals surface area contributed by atoms with Crippen LogP contribution in [0.4, 0.5) is 0 Å². The van der Waals surface area contributed by atoms with E-state index in [-0.39, 0.29) is 11.8 Å². The molecule has 1 aliphatic rings. The smallest absolute Gasteiger partial charge is 0.311 e. The van der Waals surface area contributed by atoms with Gasteiger partial charge in [-0.1, -0.05) is 25.5 Å². The number of nitrogens with zero attached hydrogens (tertiary/aromatic N) is 1. The third-order valence-electron chi connectivity index (χ3n) is 5.72. The van der Waals surface area contributed by atoms with Crippen LogP contribution >= 0.6 is 0 Å². The van der Waals surface area contributed by atoms with E-state index < -0.39 is 11.4 Å². The summed E-state index contributed by atoms with van der Waals surface area (Å²) in [7, 11) is 0. The van der Waals surface area contributed by atoms with Gasteiger partial charge in [0.15, 0.2) is 0 Å². The molecule has 0 saturated carbocycles. The third-order valence-corrected chi connectivity index (χ3v) is 5.72. The standard InChI is InChI=1S/C20H26N2O3/c1-13(2)20(19(24)25)8-9-22(12-20)18(23)7-5-15-11-21-17-6-4-14(3)10-16(15)17/h4,6,10-11,13,21H,5,7-9,12H2,1-3H3,(H,24,25). The Morgan fingerprint density at radius 2 is 2.12 bits per heavy atom. The monoisotopic (exact) mass is 342 g/mol. The van der Waals surface area contributed by atoms with Crippen molar-refractivity contribution in [3.05, 3.63) is 35.5 Å². The zero-order chi connectivity index (χ0) is 18.2. The van der Waals surface area contributed by atoms with E-state index in [4.69, 9.17) is 0 Å². The number of rotatable bonds is 5. The average Bonchev–Trinajstić information content (AvgIpc) is 3.17. The summed E-state index contributed by atoms with van der Waals surface area (Å²) >= 11 is 0. The molecule has 0 bridgehead atoms. The highest BCUT2D eigenvalue weighted by molar-refractivity contribution is 5.85. The molecule has 134 valence electrons. The first-order valence-electron chi connectivity index (χ1n) is 8.91. The zero-order valence-corrected chi connectivity index (χ0v) is 15.1. The lowest BCUT2D eigenvalue weighted by molar-refractivity contribution is -0.151. The Labute approximate surface area is 148 Å². The maximum atomic E-state index is 12.6. The zero-order valence-electron chi connectivity index (χ0n) is 15.1. The first-order valence-corrected chi connectivity index (χ1v) is 8.91. The molecule has 1 fully saturated rings. The second kappa shape index (κ2) is 6.54. The van der Waals surface area contributed by atoms with E-state index in [0.29, 0.717) is 32.4 Å². The number of fused-ring (bicyclic) bond motifs is 1. The van der Waals surface area contributed by atoms with E-state index in [0.717, 1.165) is 16.5 Å². The second-order valence-corrected chi connectivity index (χ2v) is 7.54. The number of aromatic nitrogens is 1. The van der Waals surface area contributed by atoms with E-state index in [2.05, 4.69) is 30.1 Å². The number of amides is 1. The Hall–Kier alpha value is -2.30. The Morgan fingerprint density at radius 1 is 1.36 bits per heavy atom. The molecule has 1 aromatic heterocycles. The Balaban J connectivity index is 1.67. The van der Waals surface area contributed by atoms with Crippen LogP contribution in [-0.4, -0.2) is 40.0 Å². The van der Waals surface area contributed by atoms with Crippen molar-refractivity contribution in [2.45, 2.75) is 40.0 Å². The predicted molar refractivity (Wildman–Crippen MR) is 97.5 cm³/mol. The highest BCUT2D eigenvalue weighted by Crippen LogP contribution is 2.38. The van der Waals surface area contributed by atoms with Gasteiger partial charge in [0, 0.05) is 36.6 Å². The number of hydrogen-bond donors (Lipinski definition) is 2. The van der Waals surface area contributed by atoms with Gasteiger partial charge in [-0.3, -0.25) is 9.59 Å². The molecule has 0 spiro atoms. The molecule has 2 heterocycles. The molecule has 5 heteroatoms. The number of carbonyl (C=O) groups is 2. The minimum Gasteiger partial charge on any atom is -0.481 e. The fraction of sp³-hybridized carbons (Fsp3) is 0.500. The molecule has 1 aliphatic heterocycles. The first kappa shape index (κ1) is 17.5. The molecule has 0 radical (unpaired) electrons. The van der Waals surface area contributed by atoms with E-state index >= 15 is 0 Å². The average molecular weight is 342 g/mol. The number of H-pyrrole nitrogens is 1. The minimum absolute atomic E-state index is 0.0133. The summed E-state index contributed by atoms with van der Waals surface area (Å²) in [4.78, 5) is 29.3. The SMILES string of the molecule is Cc1ccc2[nH]cc(CCC(=O)N3CCC(C(=O)O)(C(C)C)C3)c2c1. The summed E-state index contributed by atoms with van der Waals surface area (Å²) in [6.45, 7) is 6.78. The molecule has 1 atom stereocenters. The van der Waals surface area contributed by atoms with Gasteiger partial charge in [0.1, 0.15) is 0 Å². The van der Waals surface area contributed by atoms with Gasteiger partial charge in [0.25, 0.3) is 0 Å². The normalized spacial score (nSPS) is 20.6. The predicted octanol–water partition coefficient (Wildman–Crippen LogP) is 3.37. The lowest BCUT2D eigenvalue weighted by atomic mass is 9.76. The number of carboxylic acid groups (broad SMARTS) is 1. The number of aliphatic carboxylic acids is 1. The lowest BCUT2D eigenvalue weighted by Crippen LogP contribution is -2.40. The van der Waals surface area contributed by atoms with Crippen molar-refractivity contribution in [2.75, 3.05) is 13.1 Å². The van der Waals surface area contributed by atoms with E-state index in [1.54, 1.807) is 4.90 Å². The van der Waals surface area contributed by atoms with Crippen LogP contribution in [0.25, 0.3) is 10.9 Å². The van der Waals surface area contributed by atoms with Crippen molar-refractivity contribution in [2.24, 2.45) is 11.3 Å². The van der Waals surface area contributed by atoms with Crippen LogP contribution in [0.5, 0.6) is 0 Å². The van der Waals surface area contributed by atoms with Gasteiger partial charge in [0.2, 0.25) is 5.91 Å². The van der Waals surface area contributed by atoms with Crippen molar-refractivity contribution < 1.29 is 14.7 Å². The summed E-state index contributed by atoms with van der Waals surface area (Å²) in [5, 5.41) is 10.8. The molecule has 2 N–H and O–H groups in total. The van der Waals surface area contributed by atoms with Crippen LogP contribution in [0.2, 0.25) is 0 Å². The van der Waals surface area contributed by atoms with Gasteiger partial charge < -0.3 is 15.0 Å². The van der Waals surface area contributed by atoms with Crippen molar-refractivity contribution >= 4 is 22.8 Å². The molecule has 3 rings (SSSR count). The van der Waals surface area contributed by atoms with Gasteiger partial charge in [-0.15, -0.1) is 0 Å². The summed E-state index contributed by atoms with van der Waals surface area (Å²) < 4.78 is 0. The number of likely N-dealkylation sites (tertiary alicyclic amines) is 1. The quantitative estimate of drug-likeness (QED) is 0.875. The van der Waals surface area contributed by atoms with Crippen LogP contribution in [-0.2, 0) is 16.0 Å². The van der Waals surface area contributed by atoms with Crippen molar-refractivity contribution in [3.8, 4) is 0 Å². The molecule has 5 nitrogen and oxygen atoms in total. The molecule has 1 aromatic carbocycles. The summed E-state index contributed by atoms with van der Waals surface area (Å²) in [6.07, 6.45) is 3.59. The number of carbonyl (C=O) groups excluding carboxylic acids is 1. The molecular formula is C20H26N2O3. The van der Waals surface area contributed by atoms with Gasteiger partial charge >= 0.3 is 5.97 Å². The van der Waals surface area contributed by atoms with Crippen LogP contribution in [0.3, 0.4) is 0 Å². The Bertz CT molecular complexity index is 808. The molecule has 1 unspecified atom stereocenters. The van der Waals surface area contributed by atoms with E-state index in [1.807, 2.05) is 20.0 Å². The first-order chi connectivity index (χ1) is 11.8. The highest BCUT2D eigenvalue weighted by Gasteiger charge is 2.48. The number of aryl methyl sites for hydroxylation is 2. The van der Waals surface area contributed by atoms with E-state index in [1.165, 1.54) is 5.56 Å². The molecular weight excluding hydrogens is 316 g/mol. The van der Waals surface area contributed by atoms with Crippen molar-refractivity contribution in [1.29, 1.82) is 0 Å². The Morgan fingerprint density at radius 3 is 2.76 bits per heavy atom. The number of carboxylic acids is 1. The molecule has 2 aromatic rings. The molecule has 25 heavy (non-hydrogen) atoms. The number of hydrogen-bond acceptors (Lipinski definition) is 2. The fourth-order valence-corrected chi connectivity index (χ4v) is 3.84. The second-order valence-electron chi connectivity index (χ2n) is 7.54. The number of benzene rings is 1. The Kier molecular flexibility index (Phi) is 4.58. The van der Waals surface area contributed by atoms with Crippen molar-refractivity contribution in [3.63, 3.8) is 0 Å². The van der Waals surface area contributed by atoms with Gasteiger partial charge in [-0.25, -0.2) is 0 Å².